The van der Waals surface area contributed by atoms with Gasteiger partial charge in [-0.3, -0.25) is 14.9 Å². The summed E-state index contributed by atoms with van der Waals surface area (Å²) in [6.45, 7) is 0.730. The second kappa shape index (κ2) is 10.4. The first kappa shape index (κ1) is 21.3. The maximum atomic E-state index is 12.1. The van der Waals surface area contributed by atoms with Crippen LogP contribution in [0.2, 0.25) is 0 Å². The lowest BCUT2D eigenvalue weighted by atomic mass is 10.2. The van der Waals surface area contributed by atoms with Crippen LogP contribution in [0.3, 0.4) is 0 Å². The first-order valence-corrected chi connectivity index (χ1v) is 10.9. The van der Waals surface area contributed by atoms with Gasteiger partial charge in [-0.25, -0.2) is 0 Å². The monoisotopic (exact) mass is 438 g/mol. The summed E-state index contributed by atoms with van der Waals surface area (Å²) in [5.41, 5.74) is 0.591. The fourth-order valence-corrected chi connectivity index (χ4v) is 4.15. The van der Waals surface area contributed by atoms with E-state index in [2.05, 4.69) is 20.8 Å². The Morgan fingerprint density at radius 3 is 2.62 bits per heavy atom. The first-order valence-electron chi connectivity index (χ1n) is 8.93. The number of anilines is 2. The largest absolute Gasteiger partial charge is 0.493 e. The zero-order valence-corrected chi connectivity index (χ0v) is 17.7. The minimum absolute atomic E-state index is 0.0206. The molecule has 2 amide bonds. The van der Waals surface area contributed by atoms with Crippen molar-refractivity contribution in [2.45, 2.75) is 18.9 Å². The van der Waals surface area contributed by atoms with Crippen LogP contribution in [0, 0.1) is 0 Å². The molecule has 2 aromatic rings. The number of nitrogens with zero attached hydrogens (tertiary/aromatic N) is 2. The molecule has 0 bridgehead atoms. The van der Waals surface area contributed by atoms with E-state index in [0.717, 1.165) is 24.5 Å². The molecule has 3 rings (SSSR count). The average molecular weight is 439 g/mol. The topological polar surface area (TPSA) is 112 Å². The molecule has 0 radical (unpaired) electrons. The molecule has 2 N–H and O–H groups in total. The normalized spacial score (nSPS) is 15.7. The summed E-state index contributed by atoms with van der Waals surface area (Å²) in [6.07, 6.45) is 1.91. The molecular weight excluding hydrogens is 416 g/mol. The van der Waals surface area contributed by atoms with E-state index in [0.29, 0.717) is 22.3 Å². The van der Waals surface area contributed by atoms with E-state index in [-0.39, 0.29) is 29.4 Å². The molecule has 9 nitrogen and oxygen atoms in total. The van der Waals surface area contributed by atoms with Crippen molar-refractivity contribution in [2.24, 2.45) is 0 Å². The van der Waals surface area contributed by atoms with Crippen LogP contribution < -0.4 is 20.1 Å². The molecule has 2 heterocycles. The Morgan fingerprint density at radius 2 is 1.93 bits per heavy atom. The van der Waals surface area contributed by atoms with Crippen molar-refractivity contribution in [3.8, 4) is 11.5 Å². The zero-order valence-electron chi connectivity index (χ0n) is 16.1. The van der Waals surface area contributed by atoms with Gasteiger partial charge in [-0.2, -0.15) is 0 Å². The van der Waals surface area contributed by atoms with Crippen LogP contribution in [0.1, 0.15) is 24.0 Å². The number of hydrogen-bond donors (Lipinski definition) is 2. The standard InChI is InChI=1S/C18H22N4O5S2/c1-25-12-6-5-11(8-14(12)26-2)19-15(23)9-28-10-16(24)20-18-22-21-17(29-18)13-4-3-7-27-13/h5-6,8,13H,3-4,7,9-10H2,1-2H3,(H,19,23)(H,20,22,24). The molecule has 0 spiro atoms. The molecule has 1 unspecified atom stereocenters. The third-order valence-electron chi connectivity index (χ3n) is 4.03. The van der Waals surface area contributed by atoms with Crippen LogP contribution in [-0.2, 0) is 14.3 Å². The van der Waals surface area contributed by atoms with E-state index in [4.69, 9.17) is 14.2 Å². The van der Waals surface area contributed by atoms with E-state index in [9.17, 15) is 9.59 Å². The maximum Gasteiger partial charge on any atom is 0.236 e. The van der Waals surface area contributed by atoms with Crippen LogP contribution in [0.4, 0.5) is 10.8 Å². The van der Waals surface area contributed by atoms with E-state index in [1.807, 2.05) is 0 Å². The highest BCUT2D eigenvalue weighted by atomic mass is 32.2. The number of thioether (sulfide) groups is 1. The maximum absolute atomic E-state index is 12.1. The summed E-state index contributed by atoms with van der Waals surface area (Å²) in [6, 6.07) is 5.11. The van der Waals surface area contributed by atoms with Crippen LogP contribution in [-0.4, -0.2) is 54.3 Å². The summed E-state index contributed by atoms with van der Waals surface area (Å²) in [5.74, 6) is 0.927. The molecule has 29 heavy (non-hydrogen) atoms. The predicted octanol–water partition coefficient (Wildman–Crippen LogP) is 2.72. The lowest BCUT2D eigenvalue weighted by Gasteiger charge is -2.10. The molecular formula is C18H22N4O5S2. The van der Waals surface area contributed by atoms with Crippen molar-refractivity contribution in [1.29, 1.82) is 0 Å². The summed E-state index contributed by atoms with van der Waals surface area (Å²) >= 11 is 2.53. The van der Waals surface area contributed by atoms with Gasteiger partial charge in [0.1, 0.15) is 11.1 Å². The van der Waals surface area contributed by atoms with Crippen LogP contribution in [0.5, 0.6) is 11.5 Å². The number of ether oxygens (including phenoxy) is 3. The van der Waals surface area contributed by atoms with Gasteiger partial charge in [-0.05, 0) is 25.0 Å². The van der Waals surface area contributed by atoms with Crippen molar-refractivity contribution in [3.63, 3.8) is 0 Å². The second-order valence-corrected chi connectivity index (χ2v) is 8.10. The highest BCUT2D eigenvalue weighted by Gasteiger charge is 2.22. The molecule has 0 saturated carbocycles. The predicted molar refractivity (Wildman–Crippen MR) is 112 cm³/mol. The van der Waals surface area contributed by atoms with Gasteiger partial charge >= 0.3 is 0 Å². The summed E-state index contributed by atoms with van der Waals surface area (Å²) in [4.78, 5) is 24.1. The number of benzene rings is 1. The number of aromatic nitrogens is 2. The molecule has 1 aromatic carbocycles. The van der Waals surface area contributed by atoms with Crippen molar-refractivity contribution in [1.82, 2.24) is 10.2 Å². The lowest BCUT2D eigenvalue weighted by molar-refractivity contribution is -0.114. The molecule has 1 atom stereocenters. The summed E-state index contributed by atoms with van der Waals surface area (Å²) in [5, 5.41) is 14.7. The van der Waals surface area contributed by atoms with Gasteiger partial charge in [0.25, 0.3) is 0 Å². The quantitative estimate of drug-likeness (QED) is 0.615. The van der Waals surface area contributed by atoms with Gasteiger partial charge in [0.05, 0.1) is 25.7 Å². The zero-order chi connectivity index (χ0) is 20.6. The number of carbonyl (C=O) groups excluding carboxylic acids is 2. The van der Waals surface area contributed by atoms with Crippen LogP contribution >= 0.6 is 23.1 Å². The van der Waals surface area contributed by atoms with Gasteiger partial charge in [-0.1, -0.05) is 11.3 Å². The van der Waals surface area contributed by atoms with E-state index >= 15 is 0 Å². The number of amides is 2. The lowest BCUT2D eigenvalue weighted by Crippen LogP contribution is -2.18. The molecule has 1 aromatic heterocycles. The van der Waals surface area contributed by atoms with Crippen molar-refractivity contribution < 1.29 is 23.8 Å². The van der Waals surface area contributed by atoms with E-state index in [1.54, 1.807) is 25.3 Å². The fraction of sp³-hybridized carbons (Fsp3) is 0.444. The fourth-order valence-electron chi connectivity index (χ4n) is 2.69. The Kier molecular flexibility index (Phi) is 7.67. The number of methoxy groups -OCH3 is 2. The first-order chi connectivity index (χ1) is 14.1. The Labute approximate surface area is 176 Å². The van der Waals surface area contributed by atoms with Gasteiger partial charge in [0.15, 0.2) is 11.5 Å². The van der Waals surface area contributed by atoms with Gasteiger partial charge in [0, 0.05) is 18.4 Å². The third-order valence-corrected chi connectivity index (χ3v) is 5.89. The summed E-state index contributed by atoms with van der Waals surface area (Å²) < 4.78 is 15.9. The molecule has 156 valence electrons. The number of carbonyl (C=O) groups is 2. The Morgan fingerprint density at radius 1 is 1.17 bits per heavy atom. The Balaban J connectivity index is 1.40. The van der Waals surface area contributed by atoms with Crippen molar-refractivity contribution in [3.05, 3.63) is 23.2 Å². The highest BCUT2D eigenvalue weighted by molar-refractivity contribution is 8.00. The number of rotatable bonds is 9. The number of nitrogens with one attached hydrogen (secondary N) is 2. The van der Waals surface area contributed by atoms with Crippen LogP contribution in [0.15, 0.2) is 18.2 Å². The molecule has 0 aliphatic carbocycles. The van der Waals surface area contributed by atoms with Gasteiger partial charge in [-0.15, -0.1) is 22.0 Å². The second-order valence-electron chi connectivity index (χ2n) is 6.11. The summed E-state index contributed by atoms with van der Waals surface area (Å²) in [7, 11) is 3.07. The molecule has 1 aliphatic heterocycles. The smallest absolute Gasteiger partial charge is 0.236 e. The molecule has 1 saturated heterocycles. The molecule has 1 aliphatic rings. The van der Waals surface area contributed by atoms with Gasteiger partial charge in [0.2, 0.25) is 16.9 Å². The Bertz CT molecular complexity index is 855. The molecule has 11 heteroatoms. The highest BCUT2D eigenvalue weighted by Crippen LogP contribution is 2.32. The minimum atomic E-state index is -0.232. The molecule has 1 fully saturated rings. The third kappa shape index (κ3) is 6.05. The Hall–Kier alpha value is -2.37. The number of hydrogen-bond acceptors (Lipinski definition) is 9. The van der Waals surface area contributed by atoms with Gasteiger partial charge < -0.3 is 19.5 Å². The van der Waals surface area contributed by atoms with Crippen molar-refractivity contribution >= 4 is 45.7 Å². The van der Waals surface area contributed by atoms with E-state index < -0.39 is 0 Å². The SMILES string of the molecule is COc1ccc(NC(=O)CSCC(=O)Nc2nnc(C3CCCO3)s2)cc1OC. The van der Waals surface area contributed by atoms with Crippen LogP contribution in [0.25, 0.3) is 0 Å². The van der Waals surface area contributed by atoms with E-state index in [1.165, 1.54) is 30.2 Å². The minimum Gasteiger partial charge on any atom is -0.493 e. The van der Waals surface area contributed by atoms with Crippen molar-refractivity contribution in [2.75, 3.05) is 43.0 Å². The average Bonchev–Trinajstić information content (AvgIpc) is 3.39.